The second-order valence-electron chi connectivity index (χ2n) is 8.89. The van der Waals surface area contributed by atoms with E-state index < -0.39 is 5.60 Å². The van der Waals surface area contributed by atoms with Crippen molar-refractivity contribution in [3.8, 4) is 0 Å². The fourth-order valence-electron chi connectivity index (χ4n) is 3.99. The van der Waals surface area contributed by atoms with Gasteiger partial charge in [0.25, 0.3) is 0 Å². The molecule has 0 aliphatic heterocycles. The molecule has 0 saturated heterocycles. The fourth-order valence-corrected chi connectivity index (χ4v) is 3.99. The summed E-state index contributed by atoms with van der Waals surface area (Å²) in [6, 6.07) is 18.0. The molecule has 0 aromatic heterocycles. The first-order chi connectivity index (χ1) is 14.5. The minimum absolute atomic E-state index is 0.162. The summed E-state index contributed by atoms with van der Waals surface area (Å²) in [4.78, 5) is 12.8. The van der Waals surface area contributed by atoms with Crippen LogP contribution in [0.4, 0.5) is 0 Å². The summed E-state index contributed by atoms with van der Waals surface area (Å²) in [5.74, 6) is -0.162. The van der Waals surface area contributed by atoms with Gasteiger partial charge in [-0.25, -0.2) is 0 Å². The summed E-state index contributed by atoms with van der Waals surface area (Å²) in [6.07, 6.45) is 13.9. The van der Waals surface area contributed by atoms with Crippen LogP contribution in [0.15, 0.2) is 54.6 Å². The third-order valence-electron chi connectivity index (χ3n) is 5.97. The zero-order valence-electron chi connectivity index (χ0n) is 19.0. The van der Waals surface area contributed by atoms with E-state index in [2.05, 4.69) is 19.1 Å². The molecule has 2 aromatic carbocycles. The number of Topliss-reactive ketones (excluding diaryl/α,β-unsaturated/α-hetero) is 1. The number of hydrogen-bond acceptors (Lipinski definition) is 2. The van der Waals surface area contributed by atoms with Crippen LogP contribution in [-0.4, -0.2) is 16.5 Å². The van der Waals surface area contributed by atoms with Gasteiger partial charge < -0.3 is 5.11 Å². The zero-order chi connectivity index (χ0) is 21.7. The Morgan fingerprint density at radius 1 is 0.733 bits per heavy atom. The van der Waals surface area contributed by atoms with Gasteiger partial charge in [0.1, 0.15) is 5.60 Å². The Hall–Kier alpha value is -1.93. The third-order valence-corrected chi connectivity index (χ3v) is 5.97. The molecule has 0 saturated carbocycles. The molecule has 1 unspecified atom stereocenters. The van der Waals surface area contributed by atoms with E-state index in [0.29, 0.717) is 12.0 Å². The molecule has 164 valence electrons. The van der Waals surface area contributed by atoms with E-state index in [-0.39, 0.29) is 5.78 Å². The summed E-state index contributed by atoms with van der Waals surface area (Å²) >= 11 is 0. The van der Waals surface area contributed by atoms with Crippen molar-refractivity contribution in [3.63, 3.8) is 0 Å². The van der Waals surface area contributed by atoms with Gasteiger partial charge in [0.15, 0.2) is 5.78 Å². The van der Waals surface area contributed by atoms with Crippen LogP contribution < -0.4 is 0 Å². The minimum atomic E-state index is -1.28. The van der Waals surface area contributed by atoms with E-state index in [1.54, 1.807) is 6.92 Å². The number of unbranched alkanes of at least 4 members (excludes halogenated alkanes) is 9. The highest BCUT2D eigenvalue weighted by molar-refractivity contribution is 6.02. The Morgan fingerprint density at radius 3 is 1.80 bits per heavy atom. The summed E-state index contributed by atoms with van der Waals surface area (Å²) in [7, 11) is 0. The molecule has 1 atom stereocenters. The summed E-state index contributed by atoms with van der Waals surface area (Å²) in [5.41, 5.74) is 1.75. The molecule has 0 radical (unpaired) electrons. The van der Waals surface area contributed by atoms with Crippen molar-refractivity contribution in [2.24, 2.45) is 0 Å². The van der Waals surface area contributed by atoms with Gasteiger partial charge in [-0.3, -0.25) is 4.79 Å². The monoisotopic (exact) mass is 408 g/mol. The van der Waals surface area contributed by atoms with Crippen molar-refractivity contribution in [3.05, 3.63) is 71.3 Å². The third kappa shape index (κ3) is 8.83. The van der Waals surface area contributed by atoms with E-state index in [9.17, 15) is 9.90 Å². The van der Waals surface area contributed by atoms with Gasteiger partial charge in [0.05, 0.1) is 0 Å². The first-order valence-electron chi connectivity index (χ1n) is 11.9. The largest absolute Gasteiger partial charge is 0.382 e. The first kappa shape index (κ1) is 24.3. The molecule has 0 heterocycles. The van der Waals surface area contributed by atoms with E-state index in [1.807, 2.05) is 42.5 Å². The fraction of sp³-hybridized carbons (Fsp3) is 0.536. The second kappa shape index (κ2) is 13.4. The van der Waals surface area contributed by atoms with Gasteiger partial charge in [-0.15, -0.1) is 0 Å². The number of rotatable bonds is 15. The molecular formula is C28H40O2. The Kier molecular flexibility index (Phi) is 10.9. The Morgan fingerprint density at radius 2 is 1.23 bits per heavy atom. The predicted octanol–water partition coefficient (Wildman–Crippen LogP) is 7.52. The number of carbonyl (C=O) groups excluding carboxylic acids is 1. The minimum Gasteiger partial charge on any atom is -0.382 e. The highest BCUT2D eigenvalue weighted by Gasteiger charge is 2.30. The maximum atomic E-state index is 12.8. The van der Waals surface area contributed by atoms with E-state index >= 15 is 0 Å². The van der Waals surface area contributed by atoms with Gasteiger partial charge in [-0.05, 0) is 30.9 Å². The average Bonchev–Trinajstić information content (AvgIpc) is 2.76. The van der Waals surface area contributed by atoms with Crippen LogP contribution in [0.5, 0.6) is 0 Å². The van der Waals surface area contributed by atoms with Crippen molar-refractivity contribution in [1.82, 2.24) is 0 Å². The van der Waals surface area contributed by atoms with Crippen LogP contribution in [0.25, 0.3) is 0 Å². The number of aliphatic hydroxyl groups is 1. The smallest absolute Gasteiger partial charge is 0.194 e. The van der Waals surface area contributed by atoms with Crippen LogP contribution in [0.2, 0.25) is 0 Å². The van der Waals surface area contributed by atoms with Gasteiger partial charge in [-0.2, -0.15) is 0 Å². The SMILES string of the molecule is CCCCCCCCCCCCC(C)(O)C(=O)c1ccc(Cc2ccccc2)cc1. The lowest BCUT2D eigenvalue weighted by Gasteiger charge is -2.22. The van der Waals surface area contributed by atoms with Crippen LogP contribution in [-0.2, 0) is 6.42 Å². The van der Waals surface area contributed by atoms with Gasteiger partial charge in [-0.1, -0.05) is 126 Å². The molecule has 0 amide bonds. The molecule has 30 heavy (non-hydrogen) atoms. The maximum Gasteiger partial charge on any atom is 0.194 e. The molecule has 2 heteroatoms. The highest BCUT2D eigenvalue weighted by atomic mass is 16.3. The molecule has 2 rings (SSSR count). The van der Waals surface area contributed by atoms with Crippen LogP contribution in [0.1, 0.15) is 106 Å². The van der Waals surface area contributed by atoms with Crippen molar-refractivity contribution in [2.45, 2.75) is 96.5 Å². The molecule has 2 aromatic rings. The molecule has 1 N–H and O–H groups in total. The van der Waals surface area contributed by atoms with Crippen molar-refractivity contribution >= 4 is 5.78 Å². The van der Waals surface area contributed by atoms with Crippen molar-refractivity contribution < 1.29 is 9.90 Å². The van der Waals surface area contributed by atoms with E-state index in [4.69, 9.17) is 0 Å². The first-order valence-corrected chi connectivity index (χ1v) is 11.9. The van der Waals surface area contributed by atoms with Crippen molar-refractivity contribution in [2.75, 3.05) is 0 Å². The lowest BCUT2D eigenvalue weighted by molar-refractivity contribution is 0.0355. The Bertz CT molecular complexity index is 716. The summed E-state index contributed by atoms with van der Waals surface area (Å²) in [5, 5.41) is 10.7. The molecule has 0 bridgehead atoms. The highest BCUT2D eigenvalue weighted by Crippen LogP contribution is 2.22. The molecular weight excluding hydrogens is 368 g/mol. The van der Waals surface area contributed by atoms with E-state index in [0.717, 1.165) is 19.3 Å². The Labute approximate surface area is 183 Å². The molecule has 0 aliphatic carbocycles. The number of hydrogen-bond donors (Lipinski definition) is 1. The molecule has 0 fully saturated rings. The Balaban J connectivity index is 1.69. The summed E-state index contributed by atoms with van der Waals surface area (Å²) in [6.45, 7) is 3.92. The second-order valence-corrected chi connectivity index (χ2v) is 8.89. The molecule has 0 aliphatic rings. The maximum absolute atomic E-state index is 12.8. The lowest BCUT2D eigenvalue weighted by atomic mass is 9.88. The van der Waals surface area contributed by atoms with Gasteiger partial charge in [0, 0.05) is 5.56 Å². The average molecular weight is 409 g/mol. The quantitative estimate of drug-likeness (QED) is 0.244. The zero-order valence-corrected chi connectivity index (χ0v) is 19.0. The summed E-state index contributed by atoms with van der Waals surface area (Å²) < 4.78 is 0. The number of benzene rings is 2. The number of ketones is 1. The van der Waals surface area contributed by atoms with Gasteiger partial charge in [0.2, 0.25) is 0 Å². The lowest BCUT2D eigenvalue weighted by Crippen LogP contribution is -2.35. The molecule has 2 nitrogen and oxygen atoms in total. The van der Waals surface area contributed by atoms with Crippen LogP contribution >= 0.6 is 0 Å². The van der Waals surface area contributed by atoms with Crippen LogP contribution in [0.3, 0.4) is 0 Å². The van der Waals surface area contributed by atoms with Crippen LogP contribution in [0, 0.1) is 0 Å². The normalized spacial score (nSPS) is 13.2. The predicted molar refractivity (Wildman–Crippen MR) is 127 cm³/mol. The molecule has 0 spiro atoms. The van der Waals surface area contributed by atoms with Crippen molar-refractivity contribution in [1.29, 1.82) is 0 Å². The topological polar surface area (TPSA) is 37.3 Å². The van der Waals surface area contributed by atoms with E-state index in [1.165, 1.54) is 62.5 Å². The number of carbonyl (C=O) groups is 1. The van der Waals surface area contributed by atoms with Gasteiger partial charge >= 0.3 is 0 Å². The standard InChI is InChI=1S/C28H40O2/c1-3-4-5-6-7-8-9-10-11-15-22-28(2,30)27(29)26-20-18-25(19-21-26)23-24-16-13-12-14-17-24/h12-14,16-21,30H,3-11,15,22-23H2,1-2H3.